The fraction of sp³-hybridized carbons (Fsp3) is 0.833. The monoisotopic (exact) mass is 224 g/mol. The molecular weight excluding hydrogens is 204 g/mol. The van der Waals surface area contributed by atoms with E-state index < -0.39 is 0 Å². The van der Waals surface area contributed by atoms with Gasteiger partial charge in [-0.2, -0.15) is 0 Å². The van der Waals surface area contributed by atoms with Crippen molar-refractivity contribution in [1.29, 1.82) is 0 Å². The molecule has 16 heavy (non-hydrogen) atoms. The fourth-order valence-corrected chi connectivity index (χ4v) is 2.80. The molecule has 2 aliphatic rings. The molecule has 1 saturated heterocycles. The molecule has 2 amide bonds. The van der Waals surface area contributed by atoms with Gasteiger partial charge in [-0.25, -0.2) is 0 Å². The van der Waals surface area contributed by atoms with Crippen LogP contribution in [-0.4, -0.2) is 47.8 Å². The summed E-state index contributed by atoms with van der Waals surface area (Å²) in [7, 11) is 3.57. The van der Waals surface area contributed by atoms with Gasteiger partial charge in [0.15, 0.2) is 0 Å². The second kappa shape index (κ2) is 4.53. The smallest absolute Gasteiger partial charge is 0.246 e. The van der Waals surface area contributed by atoms with Crippen LogP contribution >= 0.6 is 0 Å². The van der Waals surface area contributed by atoms with Crippen molar-refractivity contribution in [2.75, 3.05) is 14.1 Å². The van der Waals surface area contributed by atoms with Gasteiger partial charge in [0.05, 0.1) is 12.5 Å². The van der Waals surface area contributed by atoms with Crippen molar-refractivity contribution >= 4 is 11.8 Å². The first kappa shape index (κ1) is 11.6. The molecule has 1 heterocycles. The second-order valence-corrected chi connectivity index (χ2v) is 4.97. The first-order chi connectivity index (χ1) is 7.61. The second-order valence-electron chi connectivity index (χ2n) is 4.97. The Labute approximate surface area is 96.6 Å². The lowest BCUT2D eigenvalue weighted by Gasteiger charge is -2.34. The molecule has 90 valence electrons. The Morgan fingerprint density at radius 1 is 1.19 bits per heavy atom. The van der Waals surface area contributed by atoms with Gasteiger partial charge >= 0.3 is 0 Å². The first-order valence-corrected chi connectivity index (χ1v) is 6.13. The Morgan fingerprint density at radius 2 is 1.81 bits per heavy atom. The van der Waals surface area contributed by atoms with Gasteiger partial charge < -0.3 is 0 Å². The van der Waals surface area contributed by atoms with Crippen molar-refractivity contribution in [3.63, 3.8) is 0 Å². The maximum absolute atomic E-state index is 11.9. The van der Waals surface area contributed by atoms with Gasteiger partial charge in [-0.05, 0) is 19.9 Å². The minimum absolute atomic E-state index is 0.0296. The molecule has 4 heteroatoms. The zero-order valence-electron chi connectivity index (χ0n) is 10.1. The predicted octanol–water partition coefficient (Wildman–Crippen LogP) is 1.01. The summed E-state index contributed by atoms with van der Waals surface area (Å²) in [4.78, 5) is 26.7. The molecule has 1 aliphatic carbocycles. The summed E-state index contributed by atoms with van der Waals surface area (Å²) >= 11 is 0. The van der Waals surface area contributed by atoms with Crippen molar-refractivity contribution in [2.45, 2.75) is 50.6 Å². The van der Waals surface area contributed by atoms with E-state index in [-0.39, 0.29) is 17.9 Å². The van der Waals surface area contributed by atoms with Gasteiger partial charge in [-0.3, -0.25) is 19.4 Å². The van der Waals surface area contributed by atoms with E-state index in [4.69, 9.17) is 0 Å². The van der Waals surface area contributed by atoms with E-state index in [1.807, 2.05) is 7.05 Å². The average molecular weight is 224 g/mol. The van der Waals surface area contributed by atoms with E-state index >= 15 is 0 Å². The predicted molar refractivity (Wildman–Crippen MR) is 60.8 cm³/mol. The molecule has 0 bridgehead atoms. The van der Waals surface area contributed by atoms with Gasteiger partial charge in [0.2, 0.25) is 11.8 Å². The standard InChI is InChI=1S/C12H20N2O2/c1-13(9-6-4-3-5-7-9)10-8-11(15)14(2)12(10)16/h9-10H,3-8H2,1-2H3. The number of likely N-dealkylation sites (N-methyl/N-ethyl adjacent to an activating group) is 2. The van der Waals surface area contributed by atoms with Gasteiger partial charge in [0.1, 0.15) is 0 Å². The van der Waals surface area contributed by atoms with Gasteiger partial charge in [0, 0.05) is 13.1 Å². The summed E-state index contributed by atoms with van der Waals surface area (Å²) in [5, 5.41) is 0. The van der Waals surface area contributed by atoms with Crippen molar-refractivity contribution in [1.82, 2.24) is 9.80 Å². The third kappa shape index (κ3) is 1.98. The summed E-state index contributed by atoms with van der Waals surface area (Å²) in [6.07, 6.45) is 6.50. The van der Waals surface area contributed by atoms with Crippen LogP contribution in [-0.2, 0) is 9.59 Å². The quantitative estimate of drug-likeness (QED) is 0.657. The number of rotatable bonds is 2. The van der Waals surface area contributed by atoms with E-state index in [2.05, 4.69) is 4.90 Å². The van der Waals surface area contributed by atoms with Crippen LogP contribution in [0.4, 0.5) is 0 Å². The summed E-state index contributed by atoms with van der Waals surface area (Å²) in [6, 6.07) is 0.280. The lowest BCUT2D eigenvalue weighted by molar-refractivity contribution is -0.138. The van der Waals surface area contributed by atoms with Crippen molar-refractivity contribution in [2.24, 2.45) is 0 Å². The molecule has 0 spiro atoms. The van der Waals surface area contributed by atoms with Gasteiger partial charge in [0.25, 0.3) is 0 Å². The summed E-state index contributed by atoms with van der Waals surface area (Å²) in [5.41, 5.74) is 0. The van der Waals surface area contributed by atoms with Crippen molar-refractivity contribution < 1.29 is 9.59 Å². The van der Waals surface area contributed by atoms with Gasteiger partial charge in [-0.1, -0.05) is 19.3 Å². The first-order valence-electron chi connectivity index (χ1n) is 6.13. The van der Waals surface area contributed by atoms with Gasteiger partial charge in [-0.15, -0.1) is 0 Å². The molecule has 4 nitrogen and oxygen atoms in total. The third-order valence-electron chi connectivity index (χ3n) is 4.00. The summed E-state index contributed by atoms with van der Waals surface area (Å²) in [6.45, 7) is 0. The van der Waals surface area contributed by atoms with Crippen LogP contribution in [0.3, 0.4) is 0 Å². The van der Waals surface area contributed by atoms with Crippen LogP contribution in [0.5, 0.6) is 0 Å². The Morgan fingerprint density at radius 3 is 2.31 bits per heavy atom. The number of carbonyl (C=O) groups is 2. The molecule has 1 atom stereocenters. The number of hydrogen-bond donors (Lipinski definition) is 0. The number of carbonyl (C=O) groups excluding carboxylic acids is 2. The fourth-order valence-electron chi connectivity index (χ4n) is 2.80. The molecular formula is C12H20N2O2. The Bertz CT molecular complexity index is 297. The summed E-state index contributed by atoms with van der Waals surface area (Å²) < 4.78 is 0. The van der Waals surface area contributed by atoms with E-state index in [1.165, 1.54) is 24.2 Å². The molecule has 0 aromatic heterocycles. The topological polar surface area (TPSA) is 40.6 Å². The van der Waals surface area contributed by atoms with E-state index in [0.717, 1.165) is 12.8 Å². The Hall–Kier alpha value is -0.900. The maximum Gasteiger partial charge on any atom is 0.246 e. The molecule has 0 aromatic rings. The number of likely N-dealkylation sites (tertiary alicyclic amines) is 1. The molecule has 0 radical (unpaired) electrons. The third-order valence-corrected chi connectivity index (χ3v) is 4.00. The Balaban J connectivity index is 2.01. The minimum Gasteiger partial charge on any atom is -0.292 e. The molecule has 2 rings (SSSR count). The molecule has 2 fully saturated rings. The van der Waals surface area contributed by atoms with Crippen LogP contribution in [0, 0.1) is 0 Å². The van der Waals surface area contributed by atoms with E-state index in [0.29, 0.717) is 12.5 Å². The van der Waals surface area contributed by atoms with E-state index in [9.17, 15) is 9.59 Å². The highest BCUT2D eigenvalue weighted by molar-refractivity contribution is 6.05. The van der Waals surface area contributed by atoms with Crippen LogP contribution in [0.15, 0.2) is 0 Å². The highest BCUT2D eigenvalue weighted by Crippen LogP contribution is 2.26. The van der Waals surface area contributed by atoms with Crippen molar-refractivity contribution in [3.05, 3.63) is 0 Å². The van der Waals surface area contributed by atoms with Crippen LogP contribution in [0.2, 0.25) is 0 Å². The van der Waals surface area contributed by atoms with Crippen molar-refractivity contribution in [3.8, 4) is 0 Å². The lowest BCUT2D eigenvalue weighted by Crippen LogP contribution is -2.45. The zero-order chi connectivity index (χ0) is 11.7. The summed E-state index contributed by atoms with van der Waals surface area (Å²) in [5.74, 6) is -0.0734. The maximum atomic E-state index is 11.9. The normalized spacial score (nSPS) is 28.2. The van der Waals surface area contributed by atoms with Crippen LogP contribution in [0.1, 0.15) is 38.5 Å². The minimum atomic E-state index is -0.208. The number of nitrogens with zero attached hydrogens (tertiary/aromatic N) is 2. The molecule has 1 aliphatic heterocycles. The lowest BCUT2D eigenvalue weighted by atomic mass is 9.93. The molecule has 1 saturated carbocycles. The number of hydrogen-bond acceptors (Lipinski definition) is 3. The Kier molecular flexibility index (Phi) is 3.28. The largest absolute Gasteiger partial charge is 0.292 e. The average Bonchev–Trinajstić information content (AvgIpc) is 2.57. The highest BCUT2D eigenvalue weighted by atomic mass is 16.2. The molecule has 1 unspecified atom stereocenters. The number of amides is 2. The zero-order valence-corrected chi connectivity index (χ0v) is 10.1. The van der Waals surface area contributed by atoms with Crippen LogP contribution in [0.25, 0.3) is 0 Å². The highest BCUT2D eigenvalue weighted by Gasteiger charge is 2.40. The molecule has 0 aromatic carbocycles. The van der Waals surface area contributed by atoms with E-state index in [1.54, 1.807) is 7.05 Å². The SMILES string of the molecule is CN1C(=O)CC(N(C)C2CCCCC2)C1=O. The number of imide groups is 1. The molecule has 0 N–H and O–H groups in total. The van der Waals surface area contributed by atoms with Crippen LogP contribution < -0.4 is 0 Å².